The zero-order chi connectivity index (χ0) is 15.6. The minimum Gasteiger partial charge on any atom is -0.493 e. The van der Waals surface area contributed by atoms with Crippen LogP contribution < -0.4 is 15.2 Å². The topological polar surface area (TPSA) is 62.3 Å². The van der Waals surface area contributed by atoms with E-state index in [0.717, 1.165) is 21.4 Å². The van der Waals surface area contributed by atoms with Gasteiger partial charge in [0.15, 0.2) is 11.5 Å². The van der Waals surface area contributed by atoms with Crippen LogP contribution in [0, 0.1) is 6.92 Å². The quantitative estimate of drug-likeness (QED) is 0.896. The van der Waals surface area contributed by atoms with Gasteiger partial charge in [0.25, 0.3) is 0 Å². The average molecular weight is 354 g/mol. The highest BCUT2D eigenvalue weighted by molar-refractivity contribution is 9.10. The number of methoxy groups -OCH3 is 1. The number of ether oxygens (including phenoxy) is 2. The SMILES string of the molecule is COc1cc(C(C)N)ccc1OCc1c(Br)c(C)nn1C. The smallest absolute Gasteiger partial charge is 0.161 e. The molecule has 21 heavy (non-hydrogen) atoms. The van der Waals surface area contributed by atoms with Crippen molar-refractivity contribution < 1.29 is 9.47 Å². The number of hydrogen-bond acceptors (Lipinski definition) is 4. The van der Waals surface area contributed by atoms with E-state index in [1.165, 1.54) is 0 Å². The molecule has 1 atom stereocenters. The van der Waals surface area contributed by atoms with Gasteiger partial charge in [0, 0.05) is 13.1 Å². The Labute approximate surface area is 133 Å². The van der Waals surface area contributed by atoms with Crippen LogP contribution >= 0.6 is 15.9 Å². The van der Waals surface area contributed by atoms with Gasteiger partial charge in [-0.3, -0.25) is 4.68 Å². The molecule has 0 saturated carbocycles. The summed E-state index contributed by atoms with van der Waals surface area (Å²) in [5.41, 5.74) is 8.81. The number of nitrogens with zero attached hydrogens (tertiary/aromatic N) is 2. The molecule has 114 valence electrons. The van der Waals surface area contributed by atoms with Crippen LogP contribution in [0.4, 0.5) is 0 Å². The summed E-state index contributed by atoms with van der Waals surface area (Å²) >= 11 is 3.53. The molecule has 5 nitrogen and oxygen atoms in total. The molecule has 0 spiro atoms. The summed E-state index contributed by atoms with van der Waals surface area (Å²) in [7, 11) is 3.52. The monoisotopic (exact) mass is 353 g/mol. The Morgan fingerprint density at radius 1 is 1.38 bits per heavy atom. The van der Waals surface area contributed by atoms with Crippen LogP contribution in [0.5, 0.6) is 11.5 Å². The Balaban J connectivity index is 2.20. The predicted octanol–water partition coefficient (Wildman–Crippen LogP) is 3.10. The first-order valence-corrected chi connectivity index (χ1v) is 7.47. The minimum absolute atomic E-state index is 0.0400. The summed E-state index contributed by atoms with van der Waals surface area (Å²) in [5.74, 6) is 1.37. The van der Waals surface area contributed by atoms with Crippen LogP contribution in [-0.4, -0.2) is 16.9 Å². The second kappa shape index (κ2) is 6.49. The van der Waals surface area contributed by atoms with E-state index in [1.807, 2.05) is 43.8 Å². The molecule has 2 aromatic rings. The highest BCUT2D eigenvalue weighted by atomic mass is 79.9. The summed E-state index contributed by atoms with van der Waals surface area (Å²) in [6, 6.07) is 5.70. The van der Waals surface area contributed by atoms with Gasteiger partial charge in [-0.1, -0.05) is 6.07 Å². The van der Waals surface area contributed by atoms with Crippen molar-refractivity contribution in [3.63, 3.8) is 0 Å². The molecule has 6 heteroatoms. The molecule has 0 amide bonds. The first kappa shape index (κ1) is 15.9. The van der Waals surface area contributed by atoms with Crippen LogP contribution in [0.15, 0.2) is 22.7 Å². The molecule has 0 bridgehead atoms. The first-order chi connectivity index (χ1) is 9.93. The van der Waals surface area contributed by atoms with E-state index < -0.39 is 0 Å². The van der Waals surface area contributed by atoms with Gasteiger partial charge < -0.3 is 15.2 Å². The van der Waals surface area contributed by atoms with E-state index in [9.17, 15) is 0 Å². The molecular weight excluding hydrogens is 334 g/mol. The van der Waals surface area contributed by atoms with E-state index >= 15 is 0 Å². The Morgan fingerprint density at radius 2 is 2.10 bits per heavy atom. The van der Waals surface area contributed by atoms with Crippen LogP contribution in [0.2, 0.25) is 0 Å². The maximum atomic E-state index is 5.88. The third kappa shape index (κ3) is 3.39. The molecule has 2 rings (SSSR count). The molecule has 2 N–H and O–H groups in total. The standard InChI is InChI=1S/C15H20BrN3O2/c1-9(17)11-5-6-13(14(7-11)20-4)21-8-12-15(16)10(2)18-19(12)3/h5-7,9H,8,17H2,1-4H3. The van der Waals surface area contributed by atoms with Crippen molar-refractivity contribution in [2.45, 2.75) is 26.5 Å². The molecule has 0 aliphatic rings. The van der Waals surface area contributed by atoms with Crippen LogP contribution in [0.25, 0.3) is 0 Å². The highest BCUT2D eigenvalue weighted by Gasteiger charge is 2.13. The van der Waals surface area contributed by atoms with E-state index in [-0.39, 0.29) is 6.04 Å². The maximum Gasteiger partial charge on any atom is 0.161 e. The van der Waals surface area contributed by atoms with Gasteiger partial charge in [0.1, 0.15) is 6.61 Å². The molecule has 0 radical (unpaired) electrons. The molecular formula is C15H20BrN3O2. The lowest BCUT2D eigenvalue weighted by atomic mass is 10.1. The number of benzene rings is 1. The van der Waals surface area contributed by atoms with Crippen molar-refractivity contribution in [3.05, 3.63) is 39.6 Å². The van der Waals surface area contributed by atoms with Crippen LogP contribution in [-0.2, 0) is 13.7 Å². The van der Waals surface area contributed by atoms with Crippen molar-refractivity contribution in [3.8, 4) is 11.5 Å². The van der Waals surface area contributed by atoms with Gasteiger partial charge in [-0.25, -0.2) is 0 Å². The fourth-order valence-electron chi connectivity index (χ4n) is 2.07. The summed E-state index contributed by atoms with van der Waals surface area (Å²) in [6.45, 7) is 4.29. The predicted molar refractivity (Wildman–Crippen MR) is 85.6 cm³/mol. The van der Waals surface area contributed by atoms with E-state index in [0.29, 0.717) is 18.1 Å². The summed E-state index contributed by atoms with van der Waals surface area (Å²) < 4.78 is 14.0. The molecule has 1 heterocycles. The Hall–Kier alpha value is -1.53. The van der Waals surface area contributed by atoms with Gasteiger partial charge >= 0.3 is 0 Å². The lowest BCUT2D eigenvalue weighted by Gasteiger charge is -2.14. The number of aromatic nitrogens is 2. The summed E-state index contributed by atoms with van der Waals surface area (Å²) in [4.78, 5) is 0. The minimum atomic E-state index is -0.0400. The van der Waals surface area contributed by atoms with E-state index in [2.05, 4.69) is 21.0 Å². The van der Waals surface area contributed by atoms with Crippen molar-refractivity contribution >= 4 is 15.9 Å². The molecule has 1 unspecified atom stereocenters. The number of nitrogens with two attached hydrogens (primary N) is 1. The third-order valence-corrected chi connectivity index (χ3v) is 4.37. The van der Waals surface area contributed by atoms with Gasteiger partial charge in [-0.15, -0.1) is 0 Å². The molecule has 1 aromatic heterocycles. The van der Waals surface area contributed by atoms with Crippen molar-refractivity contribution in [2.75, 3.05) is 7.11 Å². The van der Waals surface area contributed by atoms with Gasteiger partial charge in [-0.2, -0.15) is 5.10 Å². The van der Waals surface area contributed by atoms with Crippen molar-refractivity contribution in [1.29, 1.82) is 0 Å². The summed E-state index contributed by atoms with van der Waals surface area (Å²) in [5, 5.41) is 4.34. The first-order valence-electron chi connectivity index (χ1n) is 6.68. The molecule has 0 aliphatic heterocycles. The lowest BCUT2D eigenvalue weighted by molar-refractivity contribution is 0.275. The maximum absolute atomic E-state index is 5.88. The number of halogens is 1. The normalized spacial score (nSPS) is 12.3. The van der Waals surface area contributed by atoms with Crippen LogP contribution in [0.1, 0.15) is 29.9 Å². The second-order valence-electron chi connectivity index (χ2n) is 4.96. The van der Waals surface area contributed by atoms with Gasteiger partial charge in [0.05, 0.1) is 23.0 Å². The zero-order valence-corrected chi connectivity index (χ0v) is 14.3. The summed E-state index contributed by atoms with van der Waals surface area (Å²) in [6.07, 6.45) is 0. The number of hydrogen-bond donors (Lipinski definition) is 1. The Morgan fingerprint density at radius 3 is 2.62 bits per heavy atom. The van der Waals surface area contributed by atoms with E-state index in [4.69, 9.17) is 15.2 Å². The molecule has 1 aromatic carbocycles. The third-order valence-electron chi connectivity index (χ3n) is 3.34. The second-order valence-corrected chi connectivity index (χ2v) is 5.75. The van der Waals surface area contributed by atoms with E-state index in [1.54, 1.807) is 7.11 Å². The van der Waals surface area contributed by atoms with Gasteiger partial charge in [0.2, 0.25) is 0 Å². The van der Waals surface area contributed by atoms with Gasteiger partial charge in [-0.05, 0) is 47.5 Å². The highest BCUT2D eigenvalue weighted by Crippen LogP contribution is 2.31. The fourth-order valence-corrected chi connectivity index (χ4v) is 2.52. The average Bonchev–Trinajstić information content (AvgIpc) is 2.70. The van der Waals surface area contributed by atoms with Crippen molar-refractivity contribution in [2.24, 2.45) is 12.8 Å². The lowest BCUT2D eigenvalue weighted by Crippen LogP contribution is -2.07. The molecule has 0 aliphatic carbocycles. The Kier molecular flexibility index (Phi) is 4.90. The number of rotatable bonds is 5. The van der Waals surface area contributed by atoms with Crippen molar-refractivity contribution in [1.82, 2.24) is 9.78 Å². The Bertz CT molecular complexity index is 638. The zero-order valence-electron chi connectivity index (χ0n) is 12.7. The number of aryl methyl sites for hydroxylation is 2. The fraction of sp³-hybridized carbons (Fsp3) is 0.400. The molecule has 0 saturated heterocycles. The van der Waals surface area contributed by atoms with Crippen LogP contribution in [0.3, 0.4) is 0 Å². The molecule has 0 fully saturated rings. The largest absolute Gasteiger partial charge is 0.493 e.